The second-order valence-electron chi connectivity index (χ2n) is 7.33. The molecule has 2 aliphatic carbocycles. The van der Waals surface area contributed by atoms with Gasteiger partial charge in [-0.15, -0.1) is 0 Å². The van der Waals surface area contributed by atoms with E-state index in [0.717, 1.165) is 36.6 Å². The van der Waals surface area contributed by atoms with Gasteiger partial charge in [-0.05, 0) is 63.6 Å². The Hall–Kier alpha value is -1.60. The van der Waals surface area contributed by atoms with Crippen LogP contribution in [0.5, 0.6) is 0 Å². The van der Waals surface area contributed by atoms with Crippen LogP contribution in [0.1, 0.15) is 45.4 Å². The Kier molecular flexibility index (Phi) is 5.92. The highest BCUT2D eigenvalue weighted by Gasteiger charge is 2.35. The molecular weight excluding hydrogens is 438 g/mol. The number of halogens is 1. The van der Waals surface area contributed by atoms with Crippen molar-refractivity contribution in [3.8, 4) is 0 Å². The average molecular weight is 462 g/mol. The molecule has 1 fully saturated rings. The first-order valence-electron chi connectivity index (χ1n) is 9.92. The number of fused-ring (bicyclic) bond motifs is 1. The molecule has 0 aliphatic heterocycles. The van der Waals surface area contributed by atoms with Crippen LogP contribution in [0.15, 0.2) is 44.4 Å². The van der Waals surface area contributed by atoms with Crippen LogP contribution in [-0.4, -0.2) is 32.2 Å². The lowest BCUT2D eigenvalue weighted by Gasteiger charge is -2.27. The zero-order valence-electron chi connectivity index (χ0n) is 16.0. The molecule has 1 heterocycles. The molecule has 7 heteroatoms. The van der Waals surface area contributed by atoms with Gasteiger partial charge in [-0.25, -0.2) is 4.98 Å². The normalized spacial score (nSPS) is 16.9. The van der Waals surface area contributed by atoms with Gasteiger partial charge in [0.15, 0.2) is 5.16 Å². The standard InChI is InChI=1S/C21H24BrN3O2S/c1-2-24-20(27)17-12-14(22)8-11-18(17)23-21(24)28-13-19(26)25(16-9-10-16)15-6-4-3-5-7-15/h6,8,11-12,16H,2-5,7,9-10,13H2,1H3. The Morgan fingerprint density at radius 3 is 2.86 bits per heavy atom. The van der Waals surface area contributed by atoms with Crippen LogP contribution in [0.2, 0.25) is 0 Å². The second-order valence-corrected chi connectivity index (χ2v) is 9.19. The van der Waals surface area contributed by atoms with Crippen molar-refractivity contribution in [2.45, 2.75) is 63.2 Å². The SMILES string of the molecule is CCn1c(SCC(=O)N(C2=CCCCC2)C2CC2)nc2ccc(Br)cc2c1=O. The first-order chi connectivity index (χ1) is 13.6. The molecule has 0 atom stereocenters. The summed E-state index contributed by atoms with van der Waals surface area (Å²) in [5.74, 6) is 0.441. The third kappa shape index (κ3) is 4.06. The number of aromatic nitrogens is 2. The molecular formula is C21H24BrN3O2S. The zero-order chi connectivity index (χ0) is 19.7. The molecule has 0 N–H and O–H groups in total. The minimum atomic E-state index is -0.0576. The van der Waals surface area contributed by atoms with E-state index in [1.807, 2.05) is 24.0 Å². The predicted octanol–water partition coefficient (Wildman–Crippen LogP) is 4.72. The van der Waals surface area contributed by atoms with E-state index in [2.05, 4.69) is 27.0 Å². The van der Waals surface area contributed by atoms with Crippen molar-refractivity contribution in [2.24, 2.45) is 0 Å². The average Bonchev–Trinajstić information content (AvgIpc) is 3.53. The zero-order valence-corrected chi connectivity index (χ0v) is 18.4. The fraction of sp³-hybridized carbons (Fsp3) is 0.476. The van der Waals surface area contributed by atoms with Crippen LogP contribution in [0.3, 0.4) is 0 Å². The van der Waals surface area contributed by atoms with E-state index < -0.39 is 0 Å². The number of allylic oxidation sites excluding steroid dienone is 2. The fourth-order valence-corrected chi connectivity index (χ4v) is 5.01. The number of amides is 1. The van der Waals surface area contributed by atoms with Crippen molar-refractivity contribution in [1.29, 1.82) is 0 Å². The van der Waals surface area contributed by atoms with Crippen molar-refractivity contribution >= 4 is 44.5 Å². The summed E-state index contributed by atoms with van der Waals surface area (Å²) >= 11 is 4.79. The van der Waals surface area contributed by atoms with Crippen molar-refractivity contribution in [3.05, 3.63) is 44.8 Å². The molecule has 2 aromatic rings. The highest BCUT2D eigenvalue weighted by molar-refractivity contribution is 9.10. The summed E-state index contributed by atoms with van der Waals surface area (Å²) in [6.07, 6.45) is 8.86. The van der Waals surface area contributed by atoms with Gasteiger partial charge >= 0.3 is 0 Å². The van der Waals surface area contributed by atoms with Crippen LogP contribution in [0, 0.1) is 0 Å². The lowest BCUT2D eigenvalue weighted by atomic mass is 10.0. The van der Waals surface area contributed by atoms with Crippen LogP contribution < -0.4 is 5.56 Å². The maximum atomic E-state index is 13.0. The minimum Gasteiger partial charge on any atom is -0.313 e. The van der Waals surface area contributed by atoms with E-state index in [4.69, 9.17) is 0 Å². The molecule has 4 rings (SSSR count). The maximum absolute atomic E-state index is 13.0. The van der Waals surface area contributed by atoms with E-state index in [-0.39, 0.29) is 11.5 Å². The number of rotatable bonds is 6. The smallest absolute Gasteiger partial charge is 0.262 e. The summed E-state index contributed by atoms with van der Waals surface area (Å²) in [4.78, 5) is 32.6. The van der Waals surface area contributed by atoms with Gasteiger partial charge < -0.3 is 4.90 Å². The predicted molar refractivity (Wildman–Crippen MR) is 117 cm³/mol. The highest BCUT2D eigenvalue weighted by atomic mass is 79.9. The first kappa shape index (κ1) is 19.7. The van der Waals surface area contributed by atoms with Crippen molar-refractivity contribution in [3.63, 3.8) is 0 Å². The molecule has 28 heavy (non-hydrogen) atoms. The van der Waals surface area contributed by atoms with Gasteiger partial charge in [-0.3, -0.25) is 14.2 Å². The topological polar surface area (TPSA) is 55.2 Å². The molecule has 0 spiro atoms. The molecule has 2 aliphatic rings. The third-order valence-electron chi connectivity index (χ3n) is 5.28. The van der Waals surface area contributed by atoms with E-state index in [1.54, 1.807) is 10.6 Å². The van der Waals surface area contributed by atoms with Gasteiger partial charge in [-0.2, -0.15) is 0 Å². The molecule has 0 radical (unpaired) electrons. The maximum Gasteiger partial charge on any atom is 0.262 e. The van der Waals surface area contributed by atoms with Gasteiger partial charge in [-0.1, -0.05) is 33.8 Å². The Labute approximate surface area is 177 Å². The summed E-state index contributed by atoms with van der Waals surface area (Å²) < 4.78 is 2.52. The van der Waals surface area contributed by atoms with Crippen molar-refractivity contribution in [2.75, 3.05) is 5.75 Å². The molecule has 0 bridgehead atoms. The number of carbonyl (C=O) groups excluding carboxylic acids is 1. The van der Waals surface area contributed by atoms with E-state index >= 15 is 0 Å². The van der Waals surface area contributed by atoms with E-state index in [0.29, 0.717) is 34.4 Å². The molecule has 148 valence electrons. The quantitative estimate of drug-likeness (QED) is 0.461. The number of benzene rings is 1. The summed E-state index contributed by atoms with van der Waals surface area (Å²) in [5.41, 5.74) is 1.81. The molecule has 1 aromatic heterocycles. The lowest BCUT2D eigenvalue weighted by molar-refractivity contribution is -0.127. The Morgan fingerprint density at radius 2 is 2.18 bits per heavy atom. The molecule has 5 nitrogen and oxygen atoms in total. The van der Waals surface area contributed by atoms with Crippen molar-refractivity contribution in [1.82, 2.24) is 14.5 Å². The Balaban J connectivity index is 1.57. The molecule has 1 saturated carbocycles. The first-order valence-corrected chi connectivity index (χ1v) is 11.7. The molecule has 1 aromatic carbocycles. The van der Waals surface area contributed by atoms with E-state index in [9.17, 15) is 9.59 Å². The molecule has 0 saturated heterocycles. The van der Waals surface area contributed by atoms with E-state index in [1.165, 1.54) is 23.9 Å². The minimum absolute atomic E-state index is 0.0576. The summed E-state index contributed by atoms with van der Waals surface area (Å²) in [5, 5.41) is 1.21. The summed E-state index contributed by atoms with van der Waals surface area (Å²) in [6, 6.07) is 5.90. The van der Waals surface area contributed by atoms with Crippen molar-refractivity contribution < 1.29 is 4.79 Å². The van der Waals surface area contributed by atoms with Gasteiger partial charge in [0.05, 0.1) is 16.7 Å². The number of hydrogen-bond acceptors (Lipinski definition) is 4. The second kappa shape index (κ2) is 8.41. The summed E-state index contributed by atoms with van der Waals surface area (Å²) in [7, 11) is 0. The lowest BCUT2D eigenvalue weighted by Crippen LogP contribution is -2.34. The Bertz CT molecular complexity index is 997. The largest absolute Gasteiger partial charge is 0.313 e. The third-order valence-corrected chi connectivity index (χ3v) is 6.73. The van der Waals surface area contributed by atoms with Crippen LogP contribution >= 0.6 is 27.7 Å². The monoisotopic (exact) mass is 461 g/mol. The van der Waals surface area contributed by atoms with Gasteiger partial charge in [0, 0.05) is 22.8 Å². The van der Waals surface area contributed by atoms with Gasteiger partial charge in [0.1, 0.15) is 0 Å². The molecule has 1 amide bonds. The number of thioether (sulfide) groups is 1. The number of carbonyl (C=O) groups is 1. The van der Waals surface area contributed by atoms with Crippen LogP contribution in [0.25, 0.3) is 10.9 Å². The Morgan fingerprint density at radius 1 is 1.36 bits per heavy atom. The van der Waals surface area contributed by atoms with Gasteiger partial charge in [0.25, 0.3) is 5.56 Å². The van der Waals surface area contributed by atoms with Crippen LogP contribution in [0.4, 0.5) is 0 Å². The number of hydrogen-bond donors (Lipinski definition) is 0. The highest BCUT2D eigenvalue weighted by Crippen LogP contribution is 2.34. The molecule has 0 unspecified atom stereocenters. The van der Waals surface area contributed by atoms with Crippen LogP contribution in [-0.2, 0) is 11.3 Å². The van der Waals surface area contributed by atoms with Gasteiger partial charge in [0.2, 0.25) is 5.91 Å². The number of nitrogens with zero attached hydrogens (tertiary/aromatic N) is 3. The summed E-state index contributed by atoms with van der Waals surface area (Å²) in [6.45, 7) is 2.46. The fourth-order valence-electron chi connectivity index (χ4n) is 3.73.